The van der Waals surface area contributed by atoms with E-state index in [1.54, 1.807) is 0 Å². The van der Waals surface area contributed by atoms with E-state index in [2.05, 4.69) is 25.8 Å². The molecule has 3 nitrogen and oxygen atoms in total. The minimum atomic E-state index is 0.404. The van der Waals surface area contributed by atoms with Crippen molar-refractivity contribution in [2.24, 2.45) is 0 Å². The molecular weight excluding hydrogens is 645 g/mol. The van der Waals surface area contributed by atoms with Crippen LogP contribution in [-0.2, 0) is 4.79 Å². The van der Waals surface area contributed by atoms with Gasteiger partial charge in [0.25, 0.3) is 0 Å². The summed E-state index contributed by atoms with van der Waals surface area (Å²) < 4.78 is 1.09. The number of carbonyl (C=O) groups is 1. The molecule has 53 heavy (non-hydrogen) atoms. The molecule has 1 rings (SSSR count). The summed E-state index contributed by atoms with van der Waals surface area (Å²) in [7, 11) is 2.46. The Morgan fingerprint density at radius 2 is 0.604 bits per heavy atom. The molecule has 0 unspecified atom stereocenters. The standard InChI is InChI=1S/C50H101N2O/c1-4-6-8-10-12-14-16-18-20-22-24-26-28-30-32-34-36-38-40-42-47-52(3,49-51-46-44-45-50(51)53)48-43-41-39-37-35-33-31-29-27-25-23-21-19-17-15-13-11-9-7-5-2/h4-49H2,1-3H3/q+1. The predicted molar refractivity (Wildman–Crippen MR) is 238 cm³/mol. The highest BCUT2D eigenvalue weighted by Gasteiger charge is 2.29. The van der Waals surface area contributed by atoms with Crippen LogP contribution in [0.2, 0.25) is 0 Å². The largest absolute Gasteiger partial charge is 0.309 e. The highest BCUT2D eigenvalue weighted by atomic mass is 16.2. The average molecular weight is 746 g/mol. The van der Waals surface area contributed by atoms with Gasteiger partial charge in [-0.15, -0.1) is 0 Å². The van der Waals surface area contributed by atoms with Crippen molar-refractivity contribution < 1.29 is 9.28 Å². The van der Waals surface area contributed by atoms with Crippen molar-refractivity contribution in [3.63, 3.8) is 0 Å². The van der Waals surface area contributed by atoms with Gasteiger partial charge in [0.05, 0.1) is 20.1 Å². The van der Waals surface area contributed by atoms with Crippen molar-refractivity contribution in [3.05, 3.63) is 0 Å². The van der Waals surface area contributed by atoms with Gasteiger partial charge in [0.15, 0.2) is 6.67 Å². The van der Waals surface area contributed by atoms with E-state index >= 15 is 0 Å². The van der Waals surface area contributed by atoms with Gasteiger partial charge in [0.1, 0.15) is 0 Å². The first-order valence-corrected chi connectivity index (χ1v) is 25.2. The quantitative estimate of drug-likeness (QED) is 0.0449. The van der Waals surface area contributed by atoms with E-state index in [9.17, 15) is 4.79 Å². The molecule has 0 bridgehead atoms. The van der Waals surface area contributed by atoms with Gasteiger partial charge in [-0.2, -0.15) is 0 Å². The van der Waals surface area contributed by atoms with Gasteiger partial charge in [-0.1, -0.05) is 245 Å². The molecule has 1 aliphatic heterocycles. The smallest absolute Gasteiger partial charge is 0.226 e. The molecule has 1 amide bonds. The topological polar surface area (TPSA) is 20.3 Å². The van der Waals surface area contributed by atoms with Gasteiger partial charge >= 0.3 is 0 Å². The predicted octanol–water partition coefficient (Wildman–Crippen LogP) is 16.7. The lowest BCUT2D eigenvalue weighted by molar-refractivity contribution is -0.918. The van der Waals surface area contributed by atoms with Crippen molar-refractivity contribution >= 4 is 5.91 Å². The molecule has 0 atom stereocenters. The summed E-state index contributed by atoms with van der Waals surface area (Å²) in [6, 6.07) is 0. The maximum atomic E-state index is 12.5. The Morgan fingerprint density at radius 3 is 0.811 bits per heavy atom. The van der Waals surface area contributed by atoms with Crippen molar-refractivity contribution in [1.29, 1.82) is 0 Å². The van der Waals surface area contributed by atoms with Gasteiger partial charge in [-0.3, -0.25) is 9.69 Å². The number of likely N-dealkylation sites (tertiary alicyclic amines) is 1. The van der Waals surface area contributed by atoms with E-state index in [1.807, 2.05) is 0 Å². The molecule has 0 aliphatic carbocycles. The second-order valence-corrected chi connectivity index (χ2v) is 18.4. The number of unbranched alkanes of at least 4 members (excludes halogenated alkanes) is 38. The lowest BCUT2D eigenvalue weighted by Crippen LogP contribution is -2.52. The molecule has 0 aromatic rings. The van der Waals surface area contributed by atoms with Crippen LogP contribution in [0.25, 0.3) is 0 Å². The third-order valence-corrected chi connectivity index (χ3v) is 12.8. The number of amides is 1. The molecule has 316 valence electrons. The summed E-state index contributed by atoms with van der Waals surface area (Å²) in [5, 5.41) is 0. The minimum Gasteiger partial charge on any atom is -0.309 e. The van der Waals surface area contributed by atoms with Crippen molar-refractivity contribution in [2.75, 3.05) is 33.4 Å². The third-order valence-electron chi connectivity index (χ3n) is 12.8. The Labute approximate surface area is 336 Å². The molecular formula is C50H101N2O+. The van der Waals surface area contributed by atoms with Crippen LogP contribution in [-0.4, -0.2) is 48.6 Å². The molecule has 0 aromatic heterocycles. The Hall–Kier alpha value is -0.570. The SMILES string of the molecule is CCCCCCCCCCCCCCCCCCCCCC[N+](C)(CCCCCCCCCCCCCCCCCCCCCC)CN1CCCC1=O. The average Bonchev–Trinajstić information content (AvgIpc) is 3.56. The molecule has 1 aliphatic rings. The van der Waals surface area contributed by atoms with Crippen LogP contribution >= 0.6 is 0 Å². The fraction of sp³-hybridized carbons (Fsp3) is 0.980. The summed E-state index contributed by atoms with van der Waals surface area (Å²) in [6.45, 7) is 9.07. The zero-order chi connectivity index (χ0) is 38.2. The fourth-order valence-electron chi connectivity index (χ4n) is 9.02. The maximum Gasteiger partial charge on any atom is 0.226 e. The summed E-state index contributed by atoms with van der Waals surface area (Å²) in [5.41, 5.74) is 0. The number of carbonyl (C=O) groups excluding carboxylic acids is 1. The summed E-state index contributed by atoms with van der Waals surface area (Å²) in [5.74, 6) is 0.404. The Kier molecular flexibility index (Phi) is 37.7. The van der Waals surface area contributed by atoms with Crippen LogP contribution in [0.4, 0.5) is 0 Å². The molecule has 3 heteroatoms. The Morgan fingerprint density at radius 1 is 0.377 bits per heavy atom. The first-order valence-electron chi connectivity index (χ1n) is 25.2. The van der Waals surface area contributed by atoms with Crippen LogP contribution in [0.1, 0.15) is 284 Å². The van der Waals surface area contributed by atoms with Gasteiger partial charge < -0.3 is 4.48 Å². The number of quaternary nitrogens is 1. The number of rotatable bonds is 44. The van der Waals surface area contributed by atoms with E-state index in [4.69, 9.17) is 0 Å². The molecule has 1 fully saturated rings. The maximum absolute atomic E-state index is 12.5. The first-order chi connectivity index (χ1) is 26.1. The van der Waals surface area contributed by atoms with Gasteiger partial charge in [-0.25, -0.2) is 0 Å². The highest BCUT2D eigenvalue weighted by Crippen LogP contribution is 2.20. The second-order valence-electron chi connectivity index (χ2n) is 18.4. The number of hydrogen-bond acceptors (Lipinski definition) is 1. The number of hydrogen-bond donors (Lipinski definition) is 0. The zero-order valence-corrected chi connectivity index (χ0v) is 37.3. The Balaban J connectivity index is 1.97. The molecule has 0 aromatic carbocycles. The normalized spacial score (nSPS) is 13.6. The molecule has 0 radical (unpaired) electrons. The monoisotopic (exact) mass is 746 g/mol. The van der Waals surface area contributed by atoms with Gasteiger partial charge in [0, 0.05) is 13.0 Å². The lowest BCUT2D eigenvalue weighted by atomic mass is 10.0. The fourth-order valence-corrected chi connectivity index (χ4v) is 9.02. The highest BCUT2D eigenvalue weighted by molar-refractivity contribution is 5.77. The van der Waals surface area contributed by atoms with Crippen LogP contribution in [0.5, 0.6) is 0 Å². The summed E-state index contributed by atoms with van der Waals surface area (Å²) in [4.78, 5) is 14.7. The molecule has 1 saturated heterocycles. The van der Waals surface area contributed by atoms with Crippen molar-refractivity contribution in [3.8, 4) is 0 Å². The first kappa shape index (κ1) is 50.4. The molecule has 0 saturated carbocycles. The second kappa shape index (κ2) is 39.7. The zero-order valence-electron chi connectivity index (χ0n) is 37.3. The van der Waals surface area contributed by atoms with E-state index in [-0.39, 0.29) is 0 Å². The van der Waals surface area contributed by atoms with E-state index < -0.39 is 0 Å². The third kappa shape index (κ3) is 34.4. The minimum absolute atomic E-state index is 0.404. The molecule has 0 N–H and O–H groups in total. The van der Waals surface area contributed by atoms with Gasteiger partial charge in [0.2, 0.25) is 5.91 Å². The van der Waals surface area contributed by atoms with Crippen molar-refractivity contribution in [1.82, 2.24) is 4.90 Å². The molecule has 1 heterocycles. The van der Waals surface area contributed by atoms with E-state index in [0.29, 0.717) is 5.91 Å². The van der Waals surface area contributed by atoms with E-state index in [1.165, 1.54) is 270 Å². The van der Waals surface area contributed by atoms with Crippen LogP contribution in [0.15, 0.2) is 0 Å². The lowest BCUT2D eigenvalue weighted by Gasteiger charge is -2.38. The number of nitrogens with zero attached hydrogens (tertiary/aromatic N) is 2. The van der Waals surface area contributed by atoms with Gasteiger partial charge in [-0.05, 0) is 32.1 Å². The van der Waals surface area contributed by atoms with Crippen molar-refractivity contribution in [2.45, 2.75) is 284 Å². The van der Waals surface area contributed by atoms with E-state index in [0.717, 1.165) is 30.5 Å². The molecule has 0 spiro atoms. The summed E-state index contributed by atoms with van der Waals surface area (Å²) in [6.07, 6.45) is 59.5. The van der Waals surface area contributed by atoms with Crippen LogP contribution < -0.4 is 0 Å². The van der Waals surface area contributed by atoms with Crippen LogP contribution in [0, 0.1) is 0 Å². The Bertz CT molecular complexity index is 693. The summed E-state index contributed by atoms with van der Waals surface area (Å²) >= 11 is 0. The van der Waals surface area contributed by atoms with Crippen LogP contribution in [0.3, 0.4) is 0 Å².